The minimum atomic E-state index is -4.58. The molecule has 0 aromatic rings. The number of aliphatic hydroxyl groups is 1. The first-order chi connectivity index (χ1) is 9.53. The highest BCUT2D eigenvalue weighted by molar-refractivity contribution is 7.92. The summed E-state index contributed by atoms with van der Waals surface area (Å²) < 4.78 is 60.2. The molecule has 1 aliphatic carbocycles. The van der Waals surface area contributed by atoms with Crippen LogP contribution in [0, 0.1) is 29.6 Å². The van der Waals surface area contributed by atoms with Crippen LogP contribution in [0.15, 0.2) is 0 Å². The Morgan fingerprint density at radius 1 is 1.38 bits per heavy atom. The second kappa shape index (κ2) is 6.25. The molecule has 1 atom stereocenters. The van der Waals surface area contributed by atoms with Gasteiger partial charge < -0.3 is 5.11 Å². The maximum Gasteiger partial charge on any atom is 0.390 e. The third-order valence-electron chi connectivity index (χ3n) is 3.74. The Bertz CT molecular complexity index is 549. The van der Waals surface area contributed by atoms with Crippen molar-refractivity contribution in [2.75, 3.05) is 5.75 Å². The lowest BCUT2D eigenvalue weighted by Gasteiger charge is -2.33. The summed E-state index contributed by atoms with van der Waals surface area (Å²) in [5.74, 6) is 0.528. The van der Waals surface area contributed by atoms with Crippen molar-refractivity contribution in [1.29, 1.82) is 5.26 Å². The molecule has 118 valence electrons. The molecule has 1 N–H and O–H groups in total. The van der Waals surface area contributed by atoms with Crippen molar-refractivity contribution < 1.29 is 26.7 Å². The molecule has 0 amide bonds. The molecule has 1 fully saturated rings. The molecule has 0 spiro atoms. The van der Waals surface area contributed by atoms with Gasteiger partial charge in [-0.2, -0.15) is 18.4 Å². The van der Waals surface area contributed by atoms with E-state index in [0.29, 0.717) is 0 Å². The molecule has 0 bridgehead atoms. The topological polar surface area (TPSA) is 78.2 Å². The van der Waals surface area contributed by atoms with Gasteiger partial charge in [-0.25, -0.2) is 8.42 Å². The van der Waals surface area contributed by atoms with Gasteiger partial charge in [0.2, 0.25) is 0 Å². The molecule has 21 heavy (non-hydrogen) atoms. The van der Waals surface area contributed by atoms with Gasteiger partial charge >= 0.3 is 6.18 Å². The molecule has 1 aliphatic rings. The van der Waals surface area contributed by atoms with Crippen LogP contribution in [0.1, 0.15) is 32.1 Å². The smallest absolute Gasteiger partial charge is 0.378 e. The summed E-state index contributed by atoms with van der Waals surface area (Å²) >= 11 is 0. The van der Waals surface area contributed by atoms with E-state index in [1.54, 1.807) is 6.07 Å². The average molecular weight is 323 g/mol. The summed E-state index contributed by atoms with van der Waals surface area (Å²) in [6.07, 6.45) is -0.202. The summed E-state index contributed by atoms with van der Waals surface area (Å²) in [5, 5.41) is 17.4. The first kappa shape index (κ1) is 17.8. The summed E-state index contributed by atoms with van der Waals surface area (Å²) in [6, 6.07) is 1.61. The largest absolute Gasteiger partial charge is 0.390 e. The molecule has 1 saturated carbocycles. The van der Waals surface area contributed by atoms with Crippen LogP contribution in [-0.2, 0) is 9.84 Å². The summed E-state index contributed by atoms with van der Waals surface area (Å²) in [7, 11) is -4.16. The quantitative estimate of drug-likeness (QED) is 0.800. The first-order valence-corrected chi connectivity index (χ1v) is 8.13. The molecule has 0 radical (unpaired) electrons. The Kier molecular flexibility index (Phi) is 5.30. The monoisotopic (exact) mass is 323 g/mol. The minimum Gasteiger partial charge on any atom is -0.378 e. The zero-order valence-corrected chi connectivity index (χ0v) is 12.0. The van der Waals surface area contributed by atoms with Gasteiger partial charge in [-0.1, -0.05) is 5.92 Å². The summed E-state index contributed by atoms with van der Waals surface area (Å²) in [6.45, 7) is 0. The number of alkyl halides is 3. The van der Waals surface area contributed by atoms with Crippen LogP contribution < -0.4 is 0 Å². The van der Waals surface area contributed by atoms with Gasteiger partial charge in [0.1, 0.15) is 5.60 Å². The number of nitriles is 1. The van der Waals surface area contributed by atoms with Crippen molar-refractivity contribution in [3.8, 4) is 18.4 Å². The highest BCUT2D eigenvalue weighted by atomic mass is 32.2. The molecule has 1 unspecified atom stereocenters. The molecule has 0 aromatic carbocycles. The molecule has 8 heteroatoms. The van der Waals surface area contributed by atoms with E-state index in [1.165, 1.54) is 0 Å². The summed E-state index contributed by atoms with van der Waals surface area (Å²) in [5.41, 5.74) is -1.31. The molecule has 0 saturated heterocycles. The van der Waals surface area contributed by atoms with Crippen molar-refractivity contribution in [3.63, 3.8) is 0 Å². The van der Waals surface area contributed by atoms with Crippen LogP contribution in [0.5, 0.6) is 0 Å². The Hall–Kier alpha value is -1.25. The zero-order valence-electron chi connectivity index (χ0n) is 11.2. The Morgan fingerprint density at radius 3 is 2.29 bits per heavy atom. The number of sulfone groups is 1. The van der Waals surface area contributed by atoms with Crippen LogP contribution in [0.2, 0.25) is 0 Å². The van der Waals surface area contributed by atoms with Crippen LogP contribution >= 0.6 is 0 Å². The Morgan fingerprint density at radius 2 is 1.90 bits per heavy atom. The van der Waals surface area contributed by atoms with Crippen LogP contribution in [-0.4, -0.2) is 36.3 Å². The fourth-order valence-corrected chi connectivity index (χ4v) is 4.22. The fourth-order valence-electron chi connectivity index (χ4n) is 2.43. The molecular weight excluding hydrogens is 307 g/mol. The zero-order chi connectivity index (χ0) is 16.3. The van der Waals surface area contributed by atoms with Crippen molar-refractivity contribution in [2.24, 2.45) is 5.92 Å². The Labute approximate surface area is 121 Å². The van der Waals surface area contributed by atoms with E-state index >= 15 is 0 Å². The minimum absolute atomic E-state index is 0.140. The van der Waals surface area contributed by atoms with Gasteiger partial charge in [-0.15, -0.1) is 6.42 Å². The van der Waals surface area contributed by atoms with E-state index in [2.05, 4.69) is 5.92 Å². The van der Waals surface area contributed by atoms with Crippen LogP contribution in [0.3, 0.4) is 0 Å². The highest BCUT2D eigenvalue weighted by Crippen LogP contribution is 2.36. The number of nitrogens with zero attached hydrogens (tertiary/aromatic N) is 1. The number of hydrogen-bond acceptors (Lipinski definition) is 4. The van der Waals surface area contributed by atoms with E-state index in [9.17, 15) is 26.7 Å². The van der Waals surface area contributed by atoms with Crippen molar-refractivity contribution in [1.82, 2.24) is 0 Å². The number of hydrogen-bond donors (Lipinski definition) is 1. The Balaban J connectivity index is 2.76. The third kappa shape index (κ3) is 4.90. The third-order valence-corrected chi connectivity index (χ3v) is 5.78. The van der Waals surface area contributed by atoms with E-state index < -0.39 is 45.0 Å². The SMILES string of the molecule is C#CC1(O)CCC(C(C#N)S(=O)(=O)CCC(F)(F)F)CC1. The highest BCUT2D eigenvalue weighted by Gasteiger charge is 2.41. The fraction of sp³-hybridized carbons (Fsp3) is 0.769. The van der Waals surface area contributed by atoms with Gasteiger partial charge in [0, 0.05) is 0 Å². The maximum atomic E-state index is 12.1. The van der Waals surface area contributed by atoms with Gasteiger partial charge in [0.15, 0.2) is 15.1 Å². The number of terminal acetylenes is 1. The van der Waals surface area contributed by atoms with Crippen molar-refractivity contribution in [3.05, 3.63) is 0 Å². The summed E-state index contributed by atoms with van der Waals surface area (Å²) in [4.78, 5) is 0. The van der Waals surface area contributed by atoms with Gasteiger partial charge in [0.25, 0.3) is 0 Å². The lowest BCUT2D eigenvalue weighted by atomic mass is 9.78. The predicted molar refractivity (Wildman–Crippen MR) is 69.6 cm³/mol. The second-order valence-electron chi connectivity index (χ2n) is 5.30. The van der Waals surface area contributed by atoms with E-state index in [-0.39, 0.29) is 25.7 Å². The molecule has 4 nitrogen and oxygen atoms in total. The van der Waals surface area contributed by atoms with E-state index in [4.69, 9.17) is 11.7 Å². The standard InChI is InChI=1S/C13H16F3NO3S/c1-2-12(18)5-3-10(4-6-12)11(9-17)21(19,20)8-7-13(14,15)16/h1,10-11,18H,3-8H2. The predicted octanol–water partition coefficient (Wildman–Crippen LogP) is 1.80. The average Bonchev–Trinajstić information content (AvgIpc) is 2.39. The molecule has 0 aromatic heterocycles. The van der Waals surface area contributed by atoms with Gasteiger partial charge in [0.05, 0.1) is 18.2 Å². The normalized spacial score (nSPS) is 28.4. The van der Waals surface area contributed by atoms with E-state index in [1.807, 2.05) is 0 Å². The van der Waals surface area contributed by atoms with Gasteiger partial charge in [-0.05, 0) is 31.6 Å². The molecule has 0 aliphatic heterocycles. The number of rotatable bonds is 4. The first-order valence-electron chi connectivity index (χ1n) is 6.41. The molecular formula is C13H16F3NO3S. The molecule has 1 rings (SSSR count). The van der Waals surface area contributed by atoms with Crippen molar-refractivity contribution in [2.45, 2.75) is 49.1 Å². The molecule has 0 heterocycles. The second-order valence-corrected chi connectivity index (χ2v) is 7.54. The maximum absolute atomic E-state index is 12.1. The van der Waals surface area contributed by atoms with Crippen molar-refractivity contribution >= 4 is 9.84 Å². The lowest BCUT2D eigenvalue weighted by Crippen LogP contribution is -2.39. The van der Waals surface area contributed by atoms with Gasteiger partial charge in [-0.3, -0.25) is 0 Å². The number of halogens is 3. The van der Waals surface area contributed by atoms with Crippen LogP contribution in [0.25, 0.3) is 0 Å². The van der Waals surface area contributed by atoms with E-state index in [0.717, 1.165) is 0 Å². The van der Waals surface area contributed by atoms with Crippen LogP contribution in [0.4, 0.5) is 13.2 Å². The lowest BCUT2D eigenvalue weighted by molar-refractivity contribution is -0.129.